The Balaban J connectivity index is 2.24. The van der Waals surface area contributed by atoms with Crippen LogP contribution in [0, 0.1) is 5.41 Å². The molecule has 0 aromatic carbocycles. The van der Waals surface area contributed by atoms with Gasteiger partial charge in [0.25, 0.3) is 0 Å². The van der Waals surface area contributed by atoms with Crippen molar-refractivity contribution < 1.29 is 4.42 Å². The summed E-state index contributed by atoms with van der Waals surface area (Å²) in [6.45, 7) is 4.33. The molecule has 2 N–H and O–H groups in total. The summed E-state index contributed by atoms with van der Waals surface area (Å²) in [6, 6.07) is 4.15. The lowest BCUT2D eigenvalue weighted by Gasteiger charge is -1.97. The summed E-state index contributed by atoms with van der Waals surface area (Å²) in [5.41, 5.74) is 6.12. The molecule has 1 saturated carbocycles. The standard InChI is InChI=1S/C9H12BrNO/c1-9(2)7(8(9)11)5-3-4-6(10)12-5/h3-4,7-8H,11H2,1-2H3/t7-,8-/m1/s1. The van der Waals surface area contributed by atoms with E-state index >= 15 is 0 Å². The summed E-state index contributed by atoms with van der Waals surface area (Å²) in [5, 5.41) is 0. The van der Waals surface area contributed by atoms with Gasteiger partial charge in [0.05, 0.1) is 0 Å². The molecule has 0 spiro atoms. The summed E-state index contributed by atoms with van der Waals surface area (Å²) in [4.78, 5) is 0. The first kappa shape index (κ1) is 8.32. The fourth-order valence-electron chi connectivity index (χ4n) is 1.72. The molecule has 0 bridgehead atoms. The zero-order valence-electron chi connectivity index (χ0n) is 7.17. The quantitative estimate of drug-likeness (QED) is 0.804. The average molecular weight is 230 g/mol. The molecular weight excluding hydrogens is 218 g/mol. The van der Waals surface area contributed by atoms with Crippen LogP contribution in [0.5, 0.6) is 0 Å². The number of halogens is 1. The zero-order valence-corrected chi connectivity index (χ0v) is 8.76. The van der Waals surface area contributed by atoms with E-state index in [2.05, 4.69) is 29.8 Å². The molecule has 0 radical (unpaired) electrons. The maximum atomic E-state index is 5.91. The van der Waals surface area contributed by atoms with Crippen LogP contribution in [0.1, 0.15) is 25.5 Å². The summed E-state index contributed by atoms with van der Waals surface area (Å²) >= 11 is 3.28. The van der Waals surface area contributed by atoms with Crippen LogP contribution in [0.3, 0.4) is 0 Å². The van der Waals surface area contributed by atoms with E-state index in [9.17, 15) is 0 Å². The molecule has 3 heteroatoms. The van der Waals surface area contributed by atoms with Gasteiger partial charge in [0.15, 0.2) is 4.67 Å². The van der Waals surface area contributed by atoms with Crippen LogP contribution in [-0.4, -0.2) is 6.04 Å². The van der Waals surface area contributed by atoms with Crippen LogP contribution < -0.4 is 5.73 Å². The number of nitrogens with two attached hydrogens (primary N) is 1. The minimum Gasteiger partial charge on any atom is -0.454 e. The second-order valence-corrected chi connectivity index (χ2v) is 4.75. The summed E-state index contributed by atoms with van der Waals surface area (Å²) < 4.78 is 6.23. The van der Waals surface area contributed by atoms with E-state index in [1.54, 1.807) is 0 Å². The number of hydrogen-bond acceptors (Lipinski definition) is 2. The molecule has 1 aliphatic carbocycles. The van der Waals surface area contributed by atoms with Gasteiger partial charge in [-0.15, -0.1) is 0 Å². The van der Waals surface area contributed by atoms with Crippen molar-refractivity contribution in [2.45, 2.75) is 25.8 Å². The third-order valence-corrected chi connectivity index (χ3v) is 3.24. The molecule has 1 aromatic heterocycles. The SMILES string of the molecule is CC1(C)[C@H](N)[C@H]1c1ccc(Br)o1. The summed E-state index contributed by atoms with van der Waals surface area (Å²) in [5.74, 6) is 1.39. The van der Waals surface area contributed by atoms with E-state index in [4.69, 9.17) is 10.2 Å². The van der Waals surface area contributed by atoms with Crippen LogP contribution >= 0.6 is 15.9 Å². The first-order valence-corrected chi connectivity index (χ1v) is 4.83. The molecule has 1 aromatic rings. The molecular formula is C9H12BrNO. The van der Waals surface area contributed by atoms with Crippen molar-refractivity contribution in [3.63, 3.8) is 0 Å². The van der Waals surface area contributed by atoms with Crippen LogP contribution in [0.4, 0.5) is 0 Å². The van der Waals surface area contributed by atoms with Crippen LogP contribution in [0.15, 0.2) is 21.2 Å². The fraction of sp³-hybridized carbons (Fsp3) is 0.556. The average Bonchev–Trinajstić information content (AvgIpc) is 2.38. The highest BCUT2D eigenvalue weighted by atomic mass is 79.9. The molecule has 1 heterocycles. The molecule has 0 aliphatic heterocycles. The highest BCUT2D eigenvalue weighted by Gasteiger charge is 2.57. The lowest BCUT2D eigenvalue weighted by atomic mass is 10.1. The van der Waals surface area contributed by atoms with Gasteiger partial charge in [-0.05, 0) is 33.5 Å². The number of hydrogen-bond donors (Lipinski definition) is 1. The summed E-state index contributed by atoms with van der Waals surface area (Å²) in [6.07, 6.45) is 0. The minimum atomic E-state index is 0.206. The third-order valence-electron chi connectivity index (χ3n) is 2.81. The monoisotopic (exact) mass is 229 g/mol. The predicted molar refractivity (Wildman–Crippen MR) is 50.9 cm³/mol. The first-order chi connectivity index (χ1) is 5.53. The Morgan fingerprint density at radius 3 is 2.42 bits per heavy atom. The van der Waals surface area contributed by atoms with E-state index in [0.29, 0.717) is 5.92 Å². The Hall–Kier alpha value is -0.280. The van der Waals surface area contributed by atoms with Crippen LogP contribution in [0.25, 0.3) is 0 Å². The van der Waals surface area contributed by atoms with Gasteiger partial charge in [0.1, 0.15) is 5.76 Å². The maximum absolute atomic E-state index is 5.91. The molecule has 1 fully saturated rings. The van der Waals surface area contributed by atoms with Crippen LogP contribution in [-0.2, 0) is 0 Å². The normalized spacial score (nSPS) is 32.0. The topological polar surface area (TPSA) is 39.2 Å². The van der Waals surface area contributed by atoms with Crippen molar-refractivity contribution in [3.05, 3.63) is 22.6 Å². The second-order valence-electron chi connectivity index (χ2n) is 3.97. The minimum absolute atomic E-state index is 0.206. The number of furan rings is 1. The molecule has 2 rings (SSSR count). The Morgan fingerprint density at radius 2 is 2.08 bits per heavy atom. The van der Waals surface area contributed by atoms with E-state index in [1.165, 1.54) is 0 Å². The third kappa shape index (κ3) is 1.04. The van der Waals surface area contributed by atoms with Gasteiger partial charge in [0, 0.05) is 12.0 Å². The van der Waals surface area contributed by atoms with Gasteiger partial charge in [-0.2, -0.15) is 0 Å². The molecule has 1 aliphatic rings. The molecule has 12 heavy (non-hydrogen) atoms. The second kappa shape index (κ2) is 2.36. The van der Waals surface area contributed by atoms with Crippen molar-refractivity contribution in [2.24, 2.45) is 11.1 Å². The summed E-state index contributed by atoms with van der Waals surface area (Å²) in [7, 11) is 0. The van der Waals surface area contributed by atoms with Gasteiger partial charge in [0.2, 0.25) is 0 Å². The Kier molecular flexibility index (Phi) is 1.64. The van der Waals surface area contributed by atoms with Crippen molar-refractivity contribution >= 4 is 15.9 Å². The molecule has 2 atom stereocenters. The van der Waals surface area contributed by atoms with Crippen molar-refractivity contribution in [1.82, 2.24) is 0 Å². The van der Waals surface area contributed by atoms with Crippen LogP contribution in [0.2, 0.25) is 0 Å². The van der Waals surface area contributed by atoms with Crippen molar-refractivity contribution in [3.8, 4) is 0 Å². The fourth-order valence-corrected chi connectivity index (χ4v) is 2.04. The van der Waals surface area contributed by atoms with E-state index in [1.807, 2.05) is 12.1 Å². The van der Waals surface area contributed by atoms with Gasteiger partial charge in [-0.25, -0.2) is 0 Å². The molecule has 0 amide bonds. The van der Waals surface area contributed by atoms with Gasteiger partial charge >= 0.3 is 0 Å². The van der Waals surface area contributed by atoms with Gasteiger partial charge in [-0.1, -0.05) is 13.8 Å². The number of rotatable bonds is 1. The predicted octanol–water partition coefficient (Wildman–Crippen LogP) is 2.49. The Bertz CT molecular complexity index is 305. The Morgan fingerprint density at radius 1 is 1.50 bits per heavy atom. The lowest BCUT2D eigenvalue weighted by Crippen LogP contribution is -2.06. The highest BCUT2D eigenvalue weighted by Crippen LogP contribution is 2.57. The Labute approximate surface area is 80.3 Å². The maximum Gasteiger partial charge on any atom is 0.169 e. The zero-order chi connectivity index (χ0) is 8.93. The molecule has 2 nitrogen and oxygen atoms in total. The lowest BCUT2D eigenvalue weighted by molar-refractivity contribution is 0.465. The highest BCUT2D eigenvalue weighted by molar-refractivity contribution is 9.10. The molecule has 0 saturated heterocycles. The smallest absolute Gasteiger partial charge is 0.169 e. The molecule has 66 valence electrons. The van der Waals surface area contributed by atoms with E-state index < -0.39 is 0 Å². The van der Waals surface area contributed by atoms with E-state index in [-0.39, 0.29) is 11.5 Å². The van der Waals surface area contributed by atoms with Crippen molar-refractivity contribution in [1.29, 1.82) is 0 Å². The van der Waals surface area contributed by atoms with Crippen molar-refractivity contribution in [2.75, 3.05) is 0 Å². The van der Waals surface area contributed by atoms with Gasteiger partial charge < -0.3 is 10.2 Å². The van der Waals surface area contributed by atoms with Gasteiger partial charge in [-0.3, -0.25) is 0 Å². The first-order valence-electron chi connectivity index (χ1n) is 4.04. The van der Waals surface area contributed by atoms with E-state index in [0.717, 1.165) is 10.4 Å². The molecule has 0 unspecified atom stereocenters. The largest absolute Gasteiger partial charge is 0.454 e.